The molecule has 3 aromatic carbocycles. The second-order valence-electron chi connectivity index (χ2n) is 6.55. The molecule has 28 heavy (non-hydrogen) atoms. The molecule has 0 saturated heterocycles. The highest BCUT2D eigenvalue weighted by Gasteiger charge is 2.19. The van der Waals surface area contributed by atoms with Gasteiger partial charge in [-0.25, -0.2) is 5.43 Å². The predicted octanol–water partition coefficient (Wildman–Crippen LogP) is 4.61. The third kappa shape index (κ3) is 3.38. The summed E-state index contributed by atoms with van der Waals surface area (Å²) < 4.78 is 0. The van der Waals surface area contributed by atoms with Crippen LogP contribution < -0.4 is 5.43 Å². The summed E-state index contributed by atoms with van der Waals surface area (Å²) >= 11 is 0. The summed E-state index contributed by atoms with van der Waals surface area (Å²) in [6.45, 7) is 2.03. The van der Waals surface area contributed by atoms with Gasteiger partial charge in [-0.2, -0.15) is 5.10 Å². The summed E-state index contributed by atoms with van der Waals surface area (Å²) in [7, 11) is 0. The van der Waals surface area contributed by atoms with Gasteiger partial charge in [-0.1, -0.05) is 54.1 Å². The highest BCUT2D eigenvalue weighted by atomic mass is 16.3. The molecule has 5 heteroatoms. The number of hydrogen-bond acceptors (Lipinski definition) is 3. The number of phenolic OH excluding ortho intramolecular Hbond substituents is 1. The number of aromatic amines is 1. The Morgan fingerprint density at radius 3 is 2.57 bits per heavy atom. The molecule has 0 aliphatic heterocycles. The van der Waals surface area contributed by atoms with Crippen LogP contribution in [0.15, 0.2) is 77.9 Å². The summed E-state index contributed by atoms with van der Waals surface area (Å²) in [6, 6.07) is 22.6. The Labute approximate surface area is 162 Å². The van der Waals surface area contributed by atoms with E-state index in [0.29, 0.717) is 11.3 Å². The molecule has 0 aliphatic rings. The highest BCUT2D eigenvalue weighted by molar-refractivity contribution is 6.10. The second kappa shape index (κ2) is 7.40. The number of aromatic hydroxyl groups is 1. The zero-order valence-electron chi connectivity index (χ0n) is 15.3. The lowest BCUT2D eigenvalue weighted by atomic mass is 10.0. The summed E-state index contributed by atoms with van der Waals surface area (Å²) in [4.78, 5) is 16.1. The lowest BCUT2D eigenvalue weighted by Crippen LogP contribution is -2.18. The first-order valence-electron chi connectivity index (χ1n) is 8.92. The minimum Gasteiger partial charge on any atom is -0.507 e. The van der Waals surface area contributed by atoms with Gasteiger partial charge in [-0.3, -0.25) is 4.79 Å². The average Bonchev–Trinajstić information content (AvgIpc) is 3.08. The number of hydrazone groups is 1. The van der Waals surface area contributed by atoms with E-state index in [4.69, 9.17) is 0 Å². The summed E-state index contributed by atoms with van der Waals surface area (Å²) in [5.41, 5.74) is 7.32. The van der Waals surface area contributed by atoms with Crippen molar-refractivity contribution < 1.29 is 9.90 Å². The minimum atomic E-state index is -0.348. The van der Waals surface area contributed by atoms with Gasteiger partial charge < -0.3 is 10.1 Å². The molecule has 0 atom stereocenters. The molecule has 0 bridgehead atoms. The molecule has 1 heterocycles. The van der Waals surface area contributed by atoms with Crippen molar-refractivity contribution in [3.05, 3.63) is 89.6 Å². The molecule has 4 rings (SSSR count). The molecule has 0 unspecified atom stereocenters. The molecule has 0 radical (unpaired) electrons. The Morgan fingerprint density at radius 1 is 1.04 bits per heavy atom. The van der Waals surface area contributed by atoms with Crippen molar-refractivity contribution in [3.8, 4) is 16.9 Å². The molecule has 1 aromatic heterocycles. The fourth-order valence-corrected chi connectivity index (χ4v) is 3.19. The number of carbonyl (C=O) groups excluding carboxylic acids is 1. The zero-order chi connectivity index (χ0) is 19.5. The van der Waals surface area contributed by atoms with Gasteiger partial charge in [0.15, 0.2) is 0 Å². The number of aromatic nitrogens is 1. The van der Waals surface area contributed by atoms with Crippen LogP contribution in [0.4, 0.5) is 0 Å². The van der Waals surface area contributed by atoms with Crippen molar-refractivity contribution in [2.45, 2.75) is 6.92 Å². The number of nitrogens with one attached hydrogen (secondary N) is 2. The quantitative estimate of drug-likeness (QED) is 0.363. The van der Waals surface area contributed by atoms with Gasteiger partial charge in [0.25, 0.3) is 5.91 Å². The Hall–Kier alpha value is -3.86. The van der Waals surface area contributed by atoms with Crippen molar-refractivity contribution in [2.75, 3.05) is 0 Å². The van der Waals surface area contributed by atoms with Crippen LogP contribution in [0.1, 0.15) is 21.6 Å². The number of hydrogen-bond donors (Lipinski definition) is 3. The van der Waals surface area contributed by atoms with Crippen molar-refractivity contribution in [1.29, 1.82) is 0 Å². The van der Waals surface area contributed by atoms with E-state index >= 15 is 0 Å². The molecule has 5 nitrogen and oxygen atoms in total. The number of phenols is 1. The van der Waals surface area contributed by atoms with Crippen LogP contribution in [0.25, 0.3) is 22.0 Å². The highest BCUT2D eigenvalue weighted by Crippen LogP contribution is 2.33. The molecule has 0 saturated carbocycles. The van der Waals surface area contributed by atoms with E-state index in [-0.39, 0.29) is 11.7 Å². The van der Waals surface area contributed by atoms with Gasteiger partial charge in [0, 0.05) is 22.0 Å². The largest absolute Gasteiger partial charge is 0.507 e. The normalized spacial score (nSPS) is 11.2. The molecule has 0 fully saturated rings. The van der Waals surface area contributed by atoms with Crippen molar-refractivity contribution in [1.82, 2.24) is 10.4 Å². The Morgan fingerprint density at radius 2 is 1.79 bits per heavy atom. The van der Waals surface area contributed by atoms with Gasteiger partial charge in [0.05, 0.1) is 6.21 Å². The van der Waals surface area contributed by atoms with Crippen LogP contribution in [0.5, 0.6) is 5.75 Å². The molecular weight excluding hydrogens is 350 g/mol. The van der Waals surface area contributed by atoms with Gasteiger partial charge in [-0.05, 0) is 36.8 Å². The van der Waals surface area contributed by atoms with E-state index < -0.39 is 0 Å². The Kier molecular flexibility index (Phi) is 4.64. The third-order valence-electron chi connectivity index (χ3n) is 4.55. The molecular formula is C23H19N3O2. The maximum absolute atomic E-state index is 12.8. The van der Waals surface area contributed by atoms with E-state index in [1.807, 2.05) is 49.4 Å². The van der Waals surface area contributed by atoms with E-state index in [2.05, 4.69) is 21.6 Å². The van der Waals surface area contributed by atoms with Crippen LogP contribution >= 0.6 is 0 Å². The summed E-state index contributed by atoms with van der Waals surface area (Å²) in [5.74, 6) is -0.245. The van der Waals surface area contributed by atoms with E-state index in [9.17, 15) is 9.90 Å². The first-order chi connectivity index (χ1) is 13.6. The summed E-state index contributed by atoms with van der Waals surface area (Å²) in [6.07, 6.45) is 1.42. The topological polar surface area (TPSA) is 77.5 Å². The van der Waals surface area contributed by atoms with E-state index in [1.165, 1.54) is 6.21 Å². The fourth-order valence-electron chi connectivity index (χ4n) is 3.19. The number of benzene rings is 3. The first kappa shape index (κ1) is 17.5. The molecule has 1 amide bonds. The Bertz CT molecular complexity index is 1180. The fraction of sp³-hybridized carbons (Fsp3) is 0.0435. The number of para-hydroxylation sites is 1. The molecule has 0 spiro atoms. The number of rotatable bonds is 4. The number of aryl methyl sites for hydroxylation is 1. The van der Waals surface area contributed by atoms with Gasteiger partial charge >= 0.3 is 0 Å². The smallest absolute Gasteiger partial charge is 0.288 e. The van der Waals surface area contributed by atoms with E-state index in [1.54, 1.807) is 24.3 Å². The van der Waals surface area contributed by atoms with E-state index in [0.717, 1.165) is 27.6 Å². The lowest BCUT2D eigenvalue weighted by molar-refractivity contribution is 0.0951. The summed E-state index contributed by atoms with van der Waals surface area (Å²) in [5, 5.41) is 14.8. The van der Waals surface area contributed by atoms with Gasteiger partial charge in [-0.15, -0.1) is 0 Å². The van der Waals surface area contributed by atoms with Crippen molar-refractivity contribution >= 4 is 23.0 Å². The maximum atomic E-state index is 12.8. The van der Waals surface area contributed by atoms with Gasteiger partial charge in [0.1, 0.15) is 11.4 Å². The number of carbonyl (C=O) groups is 1. The predicted molar refractivity (Wildman–Crippen MR) is 112 cm³/mol. The molecule has 3 N–H and O–H groups in total. The maximum Gasteiger partial charge on any atom is 0.288 e. The van der Waals surface area contributed by atoms with Crippen LogP contribution in [0.3, 0.4) is 0 Å². The standard InChI is InChI=1S/C23H19N3O2/c1-15-11-12-19-18(13-15)21(16-7-3-2-4-8-16)22(25-19)23(28)26-24-14-17-9-5-6-10-20(17)27/h2-14,25,27H,1H3,(H,26,28)/b24-14+. The van der Waals surface area contributed by atoms with Crippen LogP contribution in [-0.4, -0.2) is 22.2 Å². The third-order valence-corrected chi connectivity index (χ3v) is 4.55. The SMILES string of the molecule is Cc1ccc2[nH]c(C(=O)N/N=C/c3ccccc3O)c(-c3ccccc3)c2c1. The molecule has 4 aromatic rings. The average molecular weight is 369 g/mol. The molecule has 138 valence electrons. The second-order valence-corrected chi connectivity index (χ2v) is 6.55. The number of H-pyrrole nitrogens is 1. The van der Waals surface area contributed by atoms with Crippen LogP contribution in [0, 0.1) is 6.92 Å². The minimum absolute atomic E-state index is 0.103. The van der Waals surface area contributed by atoms with Crippen molar-refractivity contribution in [2.24, 2.45) is 5.10 Å². The zero-order valence-corrected chi connectivity index (χ0v) is 15.3. The lowest BCUT2D eigenvalue weighted by Gasteiger charge is -2.05. The monoisotopic (exact) mass is 369 g/mol. The van der Waals surface area contributed by atoms with Crippen molar-refractivity contribution in [3.63, 3.8) is 0 Å². The Balaban J connectivity index is 1.72. The van der Waals surface area contributed by atoms with Gasteiger partial charge in [0.2, 0.25) is 0 Å². The number of fused-ring (bicyclic) bond motifs is 1. The number of nitrogens with zero attached hydrogens (tertiary/aromatic N) is 1. The van der Waals surface area contributed by atoms with Crippen LogP contribution in [-0.2, 0) is 0 Å². The first-order valence-corrected chi connectivity index (χ1v) is 8.92. The number of amides is 1. The molecule has 0 aliphatic carbocycles. The van der Waals surface area contributed by atoms with Crippen LogP contribution in [0.2, 0.25) is 0 Å².